The van der Waals surface area contributed by atoms with E-state index in [1.807, 2.05) is 52.0 Å². The highest BCUT2D eigenvalue weighted by Crippen LogP contribution is 2.16. The van der Waals surface area contributed by atoms with Crippen molar-refractivity contribution >= 4 is 29.4 Å². The van der Waals surface area contributed by atoms with Gasteiger partial charge in [-0.25, -0.2) is 4.79 Å². The highest BCUT2D eigenvalue weighted by Gasteiger charge is 2.15. The number of nitrogens with one attached hydrogen (secondary N) is 2. The van der Waals surface area contributed by atoms with Gasteiger partial charge >= 0.3 is 12.0 Å². The van der Waals surface area contributed by atoms with Gasteiger partial charge in [0.05, 0.1) is 6.42 Å². The van der Waals surface area contributed by atoms with Gasteiger partial charge in [0.1, 0.15) is 0 Å². The van der Waals surface area contributed by atoms with Gasteiger partial charge in [-0.3, -0.25) is 19.7 Å². The molecule has 0 aliphatic carbocycles. The normalized spacial score (nSPS) is 10.3. The molecule has 3 amide bonds. The molecule has 0 saturated carbocycles. The molecule has 0 atom stereocenters. The Morgan fingerprint density at radius 3 is 2.20 bits per heavy atom. The maximum Gasteiger partial charge on any atom is 0.325 e. The van der Waals surface area contributed by atoms with Crippen molar-refractivity contribution in [1.29, 1.82) is 0 Å². The summed E-state index contributed by atoms with van der Waals surface area (Å²) in [6.45, 7) is 6.89. The van der Waals surface area contributed by atoms with Crippen molar-refractivity contribution in [1.82, 2.24) is 5.32 Å². The average Bonchev–Trinajstić information content (AvgIpc) is 2.68. The zero-order valence-electron chi connectivity index (χ0n) is 17.6. The molecule has 0 radical (unpaired) electrons. The summed E-state index contributed by atoms with van der Waals surface area (Å²) in [5.41, 5.74) is 4.86. The topological polar surface area (TPSA) is 102 Å². The van der Waals surface area contributed by atoms with E-state index in [0.717, 1.165) is 22.3 Å². The van der Waals surface area contributed by atoms with Crippen molar-refractivity contribution < 1.29 is 23.9 Å². The lowest BCUT2D eigenvalue weighted by Gasteiger charge is -2.10. The van der Waals surface area contributed by atoms with E-state index < -0.39 is 24.5 Å². The predicted octanol–water partition coefficient (Wildman–Crippen LogP) is 3.77. The number of hydrogen-bond donors (Lipinski definition) is 2. The molecule has 0 unspecified atom stereocenters. The number of carbonyl (C=O) groups excluding carboxylic acids is 4. The fourth-order valence-corrected chi connectivity index (χ4v) is 2.87. The number of ketones is 1. The first-order valence-electron chi connectivity index (χ1n) is 9.60. The number of esters is 1. The SMILES string of the molecule is Cc1ccc(NC(=O)NC(=O)COC(=O)CCC(=O)c2cc(C)ccc2C)c(C)c1. The van der Waals surface area contributed by atoms with Crippen molar-refractivity contribution in [2.24, 2.45) is 0 Å². The van der Waals surface area contributed by atoms with E-state index in [4.69, 9.17) is 4.74 Å². The molecule has 2 aromatic carbocycles. The van der Waals surface area contributed by atoms with Gasteiger partial charge in [-0.2, -0.15) is 0 Å². The molecule has 7 heteroatoms. The molecule has 0 aliphatic heterocycles. The van der Waals surface area contributed by atoms with E-state index in [1.165, 1.54) is 0 Å². The minimum Gasteiger partial charge on any atom is -0.456 e. The molecule has 0 heterocycles. The van der Waals surface area contributed by atoms with Crippen LogP contribution in [0.4, 0.5) is 10.5 Å². The van der Waals surface area contributed by atoms with E-state index >= 15 is 0 Å². The Hall–Kier alpha value is -3.48. The van der Waals surface area contributed by atoms with Crippen LogP contribution in [0.2, 0.25) is 0 Å². The minimum atomic E-state index is -0.758. The van der Waals surface area contributed by atoms with Crippen LogP contribution in [0.3, 0.4) is 0 Å². The van der Waals surface area contributed by atoms with Gasteiger partial charge in [0.15, 0.2) is 12.4 Å². The van der Waals surface area contributed by atoms with Crippen LogP contribution in [0.25, 0.3) is 0 Å². The fraction of sp³-hybridized carbons (Fsp3) is 0.304. The summed E-state index contributed by atoms with van der Waals surface area (Å²) in [5, 5.41) is 4.66. The third-order valence-electron chi connectivity index (χ3n) is 4.50. The van der Waals surface area contributed by atoms with Crippen LogP contribution in [0, 0.1) is 27.7 Å². The lowest BCUT2D eigenvalue weighted by atomic mass is 9.99. The molecule has 0 fully saturated rings. The Balaban J connectivity index is 1.74. The van der Waals surface area contributed by atoms with Gasteiger partial charge in [0.25, 0.3) is 5.91 Å². The minimum absolute atomic E-state index is 0.0159. The molecule has 2 aromatic rings. The summed E-state index contributed by atoms with van der Waals surface area (Å²) in [6, 6.07) is 10.3. The van der Waals surface area contributed by atoms with Gasteiger partial charge in [-0.05, 0) is 51.0 Å². The lowest BCUT2D eigenvalue weighted by molar-refractivity contribution is -0.148. The number of hydrogen-bond acceptors (Lipinski definition) is 5. The number of imide groups is 1. The number of ether oxygens (including phenoxy) is 1. The van der Waals surface area contributed by atoms with Crippen LogP contribution in [-0.4, -0.2) is 30.3 Å². The molecule has 0 bridgehead atoms. The van der Waals surface area contributed by atoms with Gasteiger partial charge < -0.3 is 10.1 Å². The number of benzene rings is 2. The van der Waals surface area contributed by atoms with E-state index in [9.17, 15) is 19.2 Å². The van der Waals surface area contributed by atoms with Gasteiger partial charge in [-0.15, -0.1) is 0 Å². The van der Waals surface area contributed by atoms with E-state index in [-0.39, 0.29) is 18.6 Å². The van der Waals surface area contributed by atoms with Crippen molar-refractivity contribution in [2.45, 2.75) is 40.5 Å². The van der Waals surface area contributed by atoms with Crippen molar-refractivity contribution in [2.75, 3.05) is 11.9 Å². The zero-order chi connectivity index (χ0) is 22.3. The summed E-state index contributed by atoms with van der Waals surface area (Å²) in [6.07, 6.45) is -0.161. The van der Waals surface area contributed by atoms with E-state index in [0.29, 0.717) is 11.3 Å². The summed E-state index contributed by atoms with van der Waals surface area (Å²) in [5.74, 6) is -1.60. The van der Waals surface area contributed by atoms with Crippen LogP contribution < -0.4 is 10.6 Å². The quantitative estimate of drug-likeness (QED) is 0.534. The fourth-order valence-electron chi connectivity index (χ4n) is 2.87. The zero-order valence-corrected chi connectivity index (χ0v) is 17.6. The number of aryl methyl sites for hydroxylation is 4. The first kappa shape index (κ1) is 22.8. The Bertz CT molecular complexity index is 982. The third kappa shape index (κ3) is 6.84. The van der Waals surface area contributed by atoms with Crippen LogP contribution in [0.15, 0.2) is 36.4 Å². The molecule has 2 rings (SSSR count). The number of urea groups is 1. The standard InChI is InChI=1S/C23H26N2O5/c1-14-6-8-19(17(4)11-14)24-23(29)25-21(27)13-30-22(28)10-9-20(26)18-12-15(2)5-7-16(18)3/h5-8,11-12H,9-10,13H2,1-4H3,(H2,24,25,27,29). The largest absolute Gasteiger partial charge is 0.456 e. The second-order valence-corrected chi connectivity index (χ2v) is 7.22. The lowest BCUT2D eigenvalue weighted by Crippen LogP contribution is -2.37. The van der Waals surface area contributed by atoms with Crippen molar-refractivity contribution in [3.63, 3.8) is 0 Å². The average molecular weight is 410 g/mol. The molecule has 30 heavy (non-hydrogen) atoms. The van der Waals surface area contributed by atoms with Gasteiger partial charge in [0.2, 0.25) is 0 Å². The molecular weight excluding hydrogens is 384 g/mol. The Morgan fingerprint density at radius 2 is 1.50 bits per heavy atom. The van der Waals surface area contributed by atoms with Crippen molar-refractivity contribution in [3.05, 3.63) is 64.2 Å². The molecule has 0 spiro atoms. The number of carbonyl (C=O) groups is 4. The molecule has 0 aliphatic rings. The predicted molar refractivity (Wildman–Crippen MR) is 114 cm³/mol. The second-order valence-electron chi connectivity index (χ2n) is 7.22. The van der Waals surface area contributed by atoms with Crippen molar-refractivity contribution in [3.8, 4) is 0 Å². The van der Waals surface area contributed by atoms with Crippen LogP contribution in [0.1, 0.15) is 45.5 Å². The Kier molecular flexibility index (Phi) is 7.86. The molecule has 2 N–H and O–H groups in total. The van der Waals surface area contributed by atoms with Crippen LogP contribution in [-0.2, 0) is 14.3 Å². The van der Waals surface area contributed by atoms with Gasteiger partial charge in [-0.1, -0.05) is 35.4 Å². The molecule has 0 aromatic heterocycles. The number of rotatable bonds is 7. The maximum atomic E-state index is 12.3. The second kappa shape index (κ2) is 10.3. The summed E-state index contributed by atoms with van der Waals surface area (Å²) < 4.78 is 4.85. The van der Waals surface area contributed by atoms with Crippen LogP contribution in [0.5, 0.6) is 0 Å². The molecule has 7 nitrogen and oxygen atoms in total. The first-order chi connectivity index (χ1) is 14.2. The van der Waals surface area contributed by atoms with Crippen LogP contribution >= 0.6 is 0 Å². The monoisotopic (exact) mass is 410 g/mol. The smallest absolute Gasteiger partial charge is 0.325 e. The third-order valence-corrected chi connectivity index (χ3v) is 4.50. The molecule has 158 valence electrons. The van der Waals surface area contributed by atoms with Gasteiger partial charge in [0, 0.05) is 17.7 Å². The van der Waals surface area contributed by atoms with E-state index in [1.54, 1.807) is 12.1 Å². The number of amides is 3. The number of Topliss-reactive ketones (excluding diaryl/α,β-unsaturated/α-hetero) is 1. The number of anilines is 1. The summed E-state index contributed by atoms with van der Waals surface area (Å²) in [4.78, 5) is 47.8. The highest BCUT2D eigenvalue weighted by molar-refractivity contribution is 6.02. The summed E-state index contributed by atoms with van der Waals surface area (Å²) in [7, 11) is 0. The summed E-state index contributed by atoms with van der Waals surface area (Å²) >= 11 is 0. The molecule has 0 saturated heterocycles. The Morgan fingerprint density at radius 1 is 0.833 bits per heavy atom. The first-order valence-corrected chi connectivity index (χ1v) is 9.60. The molecular formula is C23H26N2O5. The maximum absolute atomic E-state index is 12.3. The highest BCUT2D eigenvalue weighted by atomic mass is 16.5. The Labute approximate surface area is 175 Å². The van der Waals surface area contributed by atoms with E-state index in [2.05, 4.69) is 10.6 Å².